The van der Waals surface area contributed by atoms with Crippen LogP contribution in [0, 0.1) is 11.6 Å². The molecule has 0 aliphatic heterocycles. The summed E-state index contributed by atoms with van der Waals surface area (Å²) in [7, 11) is 0. The second kappa shape index (κ2) is 6.25. The second-order valence-electron chi connectivity index (χ2n) is 5.41. The molecule has 1 fully saturated rings. The van der Waals surface area contributed by atoms with Crippen molar-refractivity contribution in [3.8, 4) is 0 Å². The Morgan fingerprint density at radius 1 is 1.09 bits per heavy atom. The SMILES string of the molecule is CCNc1nc(NCc2ccc(F)c(F)c2)cc(C2CC2)n1. The normalized spacial score (nSPS) is 14.0. The third-order valence-corrected chi connectivity index (χ3v) is 3.53. The van der Waals surface area contributed by atoms with Gasteiger partial charge in [-0.2, -0.15) is 4.98 Å². The third kappa shape index (κ3) is 3.50. The molecule has 0 saturated heterocycles. The van der Waals surface area contributed by atoms with E-state index in [9.17, 15) is 8.78 Å². The number of halogens is 2. The Kier molecular flexibility index (Phi) is 4.18. The fourth-order valence-corrected chi connectivity index (χ4v) is 2.22. The molecule has 2 N–H and O–H groups in total. The molecule has 6 heteroatoms. The van der Waals surface area contributed by atoms with E-state index in [4.69, 9.17) is 0 Å². The summed E-state index contributed by atoms with van der Waals surface area (Å²) >= 11 is 0. The Balaban J connectivity index is 1.74. The molecule has 3 rings (SSSR count). The highest BCUT2D eigenvalue weighted by Gasteiger charge is 2.26. The van der Waals surface area contributed by atoms with Gasteiger partial charge < -0.3 is 10.6 Å². The third-order valence-electron chi connectivity index (χ3n) is 3.53. The van der Waals surface area contributed by atoms with Crippen LogP contribution in [0.25, 0.3) is 0 Å². The van der Waals surface area contributed by atoms with Crippen molar-refractivity contribution < 1.29 is 8.78 Å². The van der Waals surface area contributed by atoms with Gasteiger partial charge in [0.25, 0.3) is 0 Å². The first-order valence-electron chi connectivity index (χ1n) is 7.46. The van der Waals surface area contributed by atoms with Gasteiger partial charge in [-0.25, -0.2) is 13.8 Å². The van der Waals surface area contributed by atoms with Crippen LogP contribution in [-0.4, -0.2) is 16.5 Å². The van der Waals surface area contributed by atoms with Gasteiger partial charge in [0.1, 0.15) is 5.82 Å². The Morgan fingerprint density at radius 3 is 2.59 bits per heavy atom. The number of hydrogen-bond donors (Lipinski definition) is 2. The van der Waals surface area contributed by atoms with Crippen molar-refractivity contribution in [2.75, 3.05) is 17.2 Å². The molecule has 1 saturated carbocycles. The van der Waals surface area contributed by atoms with Crippen LogP contribution in [0.5, 0.6) is 0 Å². The molecule has 0 bridgehead atoms. The Labute approximate surface area is 128 Å². The van der Waals surface area contributed by atoms with E-state index in [2.05, 4.69) is 20.6 Å². The number of aromatic nitrogens is 2. The monoisotopic (exact) mass is 304 g/mol. The van der Waals surface area contributed by atoms with Gasteiger partial charge in [0.15, 0.2) is 11.6 Å². The first-order chi connectivity index (χ1) is 10.7. The quantitative estimate of drug-likeness (QED) is 0.855. The van der Waals surface area contributed by atoms with Gasteiger partial charge in [-0.3, -0.25) is 0 Å². The fourth-order valence-electron chi connectivity index (χ4n) is 2.22. The summed E-state index contributed by atoms with van der Waals surface area (Å²) in [6.07, 6.45) is 2.32. The molecule has 0 atom stereocenters. The molecular weight excluding hydrogens is 286 g/mol. The smallest absolute Gasteiger partial charge is 0.224 e. The molecule has 1 aliphatic rings. The molecule has 0 spiro atoms. The summed E-state index contributed by atoms with van der Waals surface area (Å²) in [5, 5.41) is 6.26. The summed E-state index contributed by atoms with van der Waals surface area (Å²) in [6.45, 7) is 3.11. The average Bonchev–Trinajstić information content (AvgIpc) is 3.33. The van der Waals surface area contributed by atoms with Gasteiger partial charge in [-0.15, -0.1) is 0 Å². The topological polar surface area (TPSA) is 49.8 Å². The summed E-state index contributed by atoms with van der Waals surface area (Å²) in [5.41, 5.74) is 1.69. The van der Waals surface area contributed by atoms with Crippen molar-refractivity contribution in [2.24, 2.45) is 0 Å². The number of anilines is 2. The van der Waals surface area contributed by atoms with Crippen molar-refractivity contribution >= 4 is 11.8 Å². The molecule has 1 heterocycles. The number of nitrogens with zero attached hydrogens (tertiary/aromatic N) is 2. The molecule has 4 nitrogen and oxygen atoms in total. The van der Waals surface area contributed by atoms with E-state index in [1.165, 1.54) is 6.07 Å². The molecular formula is C16H18F2N4. The maximum atomic E-state index is 13.2. The van der Waals surface area contributed by atoms with Crippen molar-refractivity contribution in [3.05, 3.63) is 47.2 Å². The van der Waals surface area contributed by atoms with E-state index in [0.717, 1.165) is 31.1 Å². The zero-order chi connectivity index (χ0) is 15.5. The standard InChI is InChI=1S/C16H18F2N4/c1-2-19-16-21-14(11-4-5-11)8-15(22-16)20-9-10-3-6-12(17)13(18)7-10/h3,6-8,11H,2,4-5,9H2,1H3,(H2,19,20,21,22). The lowest BCUT2D eigenvalue weighted by atomic mass is 10.2. The zero-order valence-electron chi connectivity index (χ0n) is 12.4. The summed E-state index contributed by atoms with van der Waals surface area (Å²) in [4.78, 5) is 8.88. The van der Waals surface area contributed by atoms with Crippen LogP contribution in [-0.2, 0) is 6.54 Å². The first kappa shape index (κ1) is 14.7. The minimum atomic E-state index is -0.839. The number of benzene rings is 1. The molecule has 22 heavy (non-hydrogen) atoms. The van der Waals surface area contributed by atoms with Crippen molar-refractivity contribution in [3.63, 3.8) is 0 Å². The van der Waals surface area contributed by atoms with Gasteiger partial charge in [-0.05, 0) is 37.5 Å². The summed E-state index contributed by atoms with van der Waals surface area (Å²) in [6, 6.07) is 5.81. The van der Waals surface area contributed by atoms with E-state index >= 15 is 0 Å². The molecule has 1 aromatic carbocycles. The minimum Gasteiger partial charge on any atom is -0.366 e. The largest absolute Gasteiger partial charge is 0.366 e. The number of hydrogen-bond acceptors (Lipinski definition) is 4. The average molecular weight is 304 g/mol. The molecule has 116 valence electrons. The molecule has 0 radical (unpaired) electrons. The van der Waals surface area contributed by atoms with Crippen LogP contribution >= 0.6 is 0 Å². The van der Waals surface area contributed by atoms with E-state index in [1.54, 1.807) is 6.07 Å². The van der Waals surface area contributed by atoms with Crippen LogP contribution in [0.1, 0.15) is 36.9 Å². The van der Waals surface area contributed by atoms with Gasteiger partial charge in [0.05, 0.1) is 5.69 Å². The van der Waals surface area contributed by atoms with Crippen LogP contribution in [0.4, 0.5) is 20.5 Å². The van der Waals surface area contributed by atoms with E-state index in [1.807, 2.05) is 13.0 Å². The minimum absolute atomic E-state index is 0.379. The van der Waals surface area contributed by atoms with Crippen LogP contribution < -0.4 is 10.6 Å². The van der Waals surface area contributed by atoms with E-state index < -0.39 is 11.6 Å². The molecule has 0 unspecified atom stereocenters. The van der Waals surface area contributed by atoms with Gasteiger partial charge in [-0.1, -0.05) is 6.07 Å². The number of nitrogens with one attached hydrogen (secondary N) is 2. The lowest BCUT2D eigenvalue weighted by Crippen LogP contribution is -2.08. The predicted octanol–water partition coefficient (Wildman–Crippen LogP) is 3.68. The maximum absolute atomic E-state index is 13.2. The van der Waals surface area contributed by atoms with Crippen molar-refractivity contribution in [1.82, 2.24) is 9.97 Å². The van der Waals surface area contributed by atoms with Crippen molar-refractivity contribution in [2.45, 2.75) is 32.2 Å². The molecule has 2 aromatic rings. The van der Waals surface area contributed by atoms with Gasteiger partial charge in [0.2, 0.25) is 5.95 Å². The lowest BCUT2D eigenvalue weighted by molar-refractivity contribution is 0.507. The highest BCUT2D eigenvalue weighted by Crippen LogP contribution is 2.39. The van der Waals surface area contributed by atoms with E-state index in [-0.39, 0.29) is 0 Å². The van der Waals surface area contributed by atoms with Gasteiger partial charge >= 0.3 is 0 Å². The first-order valence-corrected chi connectivity index (χ1v) is 7.46. The molecule has 1 aromatic heterocycles. The second-order valence-corrected chi connectivity index (χ2v) is 5.41. The Bertz CT molecular complexity index is 671. The van der Waals surface area contributed by atoms with Crippen molar-refractivity contribution in [1.29, 1.82) is 0 Å². The number of rotatable bonds is 6. The van der Waals surface area contributed by atoms with E-state index in [0.29, 0.717) is 29.8 Å². The molecule has 1 aliphatic carbocycles. The maximum Gasteiger partial charge on any atom is 0.224 e. The zero-order valence-corrected chi connectivity index (χ0v) is 12.4. The Hall–Kier alpha value is -2.24. The van der Waals surface area contributed by atoms with Crippen LogP contribution in [0.3, 0.4) is 0 Å². The lowest BCUT2D eigenvalue weighted by Gasteiger charge is -2.10. The highest BCUT2D eigenvalue weighted by atomic mass is 19.2. The van der Waals surface area contributed by atoms with Gasteiger partial charge in [0, 0.05) is 25.1 Å². The predicted molar refractivity (Wildman–Crippen MR) is 81.9 cm³/mol. The highest BCUT2D eigenvalue weighted by molar-refractivity contribution is 5.44. The summed E-state index contributed by atoms with van der Waals surface area (Å²) < 4.78 is 26.1. The van der Waals surface area contributed by atoms with Crippen LogP contribution in [0.15, 0.2) is 24.3 Å². The van der Waals surface area contributed by atoms with Crippen LogP contribution in [0.2, 0.25) is 0 Å². The fraction of sp³-hybridized carbons (Fsp3) is 0.375. The Morgan fingerprint density at radius 2 is 1.91 bits per heavy atom. The summed E-state index contributed by atoms with van der Waals surface area (Å²) in [5.74, 6) is 0.131. The molecule has 0 amide bonds.